The fourth-order valence-corrected chi connectivity index (χ4v) is 2.33. The zero-order valence-electron chi connectivity index (χ0n) is 13.6. The van der Waals surface area contributed by atoms with Crippen molar-refractivity contribution in [2.45, 2.75) is 25.3 Å². The first-order valence-corrected chi connectivity index (χ1v) is 8.58. The number of carbonyl (C=O) groups excluding carboxylic acids is 2. The molecule has 25 heavy (non-hydrogen) atoms. The number of benzene rings is 1. The van der Waals surface area contributed by atoms with Crippen molar-refractivity contribution in [1.82, 2.24) is 5.32 Å². The minimum absolute atomic E-state index is 0.0990. The third-order valence-electron chi connectivity index (χ3n) is 3.03. The molecule has 0 bridgehead atoms. The van der Waals surface area contributed by atoms with Crippen LogP contribution in [-0.4, -0.2) is 47.4 Å². The average Bonchev–Trinajstić information content (AvgIpc) is 2.51. The van der Waals surface area contributed by atoms with Crippen molar-refractivity contribution in [2.24, 2.45) is 0 Å². The normalized spacial score (nSPS) is 13.7. The zero-order valence-corrected chi connectivity index (χ0v) is 14.5. The Morgan fingerprint density at radius 2 is 1.80 bits per heavy atom. The molecule has 10 heteroatoms. The molecular weight excluding hydrogens is 361 g/mol. The van der Waals surface area contributed by atoms with Gasteiger partial charge in [-0.15, -0.1) is 13.2 Å². The lowest BCUT2D eigenvalue weighted by molar-refractivity contribution is -0.274. The summed E-state index contributed by atoms with van der Waals surface area (Å²) in [5.41, 5.74) is -1.01. The lowest BCUT2D eigenvalue weighted by Crippen LogP contribution is -2.44. The van der Waals surface area contributed by atoms with Crippen LogP contribution in [0, 0.1) is 0 Å². The summed E-state index contributed by atoms with van der Waals surface area (Å²) in [6.07, 6.45) is -2.48. The Labute approximate surface area is 147 Å². The number of nitrogens with one attached hydrogen (secondary N) is 2. The molecule has 0 spiro atoms. The quantitative estimate of drug-likeness (QED) is 0.631. The molecule has 0 saturated heterocycles. The van der Waals surface area contributed by atoms with Crippen molar-refractivity contribution in [1.29, 1.82) is 0 Å². The molecule has 1 atom stereocenters. The largest absolute Gasteiger partial charge is 0.573 e. The fraction of sp³-hybridized carbons (Fsp3) is 0.467. The highest BCUT2D eigenvalue weighted by Gasteiger charge is 2.31. The summed E-state index contributed by atoms with van der Waals surface area (Å²) in [7, 11) is 0. The number of rotatable bonds is 7. The SMILES string of the molecule is CSCC[C@@](C)(O)CNC(=O)C(=O)Nc1ccc(OC(F)(F)F)cc1. The highest BCUT2D eigenvalue weighted by atomic mass is 32.2. The van der Waals surface area contributed by atoms with Crippen molar-refractivity contribution < 1.29 is 32.6 Å². The van der Waals surface area contributed by atoms with E-state index in [-0.39, 0.29) is 12.2 Å². The van der Waals surface area contributed by atoms with E-state index in [1.165, 1.54) is 12.1 Å². The predicted octanol–water partition coefficient (Wildman–Crippen LogP) is 2.14. The minimum atomic E-state index is -4.81. The zero-order chi connectivity index (χ0) is 19.1. The van der Waals surface area contributed by atoms with Crippen LogP contribution < -0.4 is 15.4 Å². The van der Waals surface area contributed by atoms with Crippen molar-refractivity contribution in [3.8, 4) is 5.75 Å². The van der Waals surface area contributed by atoms with Crippen molar-refractivity contribution in [2.75, 3.05) is 23.9 Å². The standard InChI is InChI=1S/C15H19F3N2O4S/c1-14(23,7-8-25-2)9-19-12(21)13(22)20-10-3-5-11(6-4-10)24-15(16,17)18/h3-6,23H,7-9H2,1-2H3,(H,19,21)(H,20,22)/t14-/m1/s1. The topological polar surface area (TPSA) is 87.7 Å². The number of hydrogen-bond acceptors (Lipinski definition) is 5. The molecule has 1 aromatic rings. The van der Waals surface area contributed by atoms with Gasteiger partial charge < -0.3 is 20.5 Å². The van der Waals surface area contributed by atoms with Crippen LogP contribution in [0.25, 0.3) is 0 Å². The highest BCUT2D eigenvalue weighted by Crippen LogP contribution is 2.23. The van der Waals surface area contributed by atoms with Gasteiger partial charge in [-0.25, -0.2) is 0 Å². The Balaban J connectivity index is 2.51. The predicted molar refractivity (Wildman–Crippen MR) is 88.4 cm³/mol. The van der Waals surface area contributed by atoms with E-state index in [2.05, 4.69) is 15.4 Å². The number of hydrogen-bond donors (Lipinski definition) is 3. The highest BCUT2D eigenvalue weighted by molar-refractivity contribution is 7.98. The molecule has 0 aliphatic rings. The van der Waals surface area contributed by atoms with Crippen molar-refractivity contribution in [3.63, 3.8) is 0 Å². The molecule has 3 N–H and O–H groups in total. The van der Waals surface area contributed by atoms with E-state index in [1.807, 2.05) is 6.26 Å². The lowest BCUT2D eigenvalue weighted by Gasteiger charge is -2.23. The molecule has 0 radical (unpaired) electrons. The van der Waals surface area contributed by atoms with Crippen LogP contribution in [0.1, 0.15) is 13.3 Å². The molecule has 6 nitrogen and oxygen atoms in total. The molecule has 1 rings (SSSR count). The minimum Gasteiger partial charge on any atom is -0.406 e. The number of aliphatic hydroxyl groups is 1. The van der Waals surface area contributed by atoms with E-state index in [4.69, 9.17) is 0 Å². The summed E-state index contributed by atoms with van der Waals surface area (Å²) in [6, 6.07) is 4.35. The fourth-order valence-electron chi connectivity index (χ4n) is 1.69. The van der Waals surface area contributed by atoms with Gasteiger partial charge in [-0.2, -0.15) is 11.8 Å². The molecular formula is C15H19F3N2O4S. The van der Waals surface area contributed by atoms with Gasteiger partial charge in [0.25, 0.3) is 0 Å². The Hall–Kier alpha value is -1.94. The second kappa shape index (κ2) is 8.95. The van der Waals surface area contributed by atoms with Gasteiger partial charge in [0.15, 0.2) is 0 Å². The van der Waals surface area contributed by atoms with E-state index >= 15 is 0 Å². The van der Waals surface area contributed by atoms with Crippen LogP contribution in [0.3, 0.4) is 0 Å². The van der Waals surface area contributed by atoms with Gasteiger partial charge in [-0.05, 0) is 49.6 Å². The number of ether oxygens (including phenoxy) is 1. The van der Waals surface area contributed by atoms with E-state index in [1.54, 1.807) is 18.7 Å². The number of anilines is 1. The summed E-state index contributed by atoms with van der Waals surface area (Å²) in [6.45, 7) is 1.44. The van der Waals surface area contributed by atoms with Gasteiger partial charge in [0.1, 0.15) is 5.75 Å². The number of thioether (sulfide) groups is 1. The van der Waals surface area contributed by atoms with Crippen LogP contribution in [0.4, 0.5) is 18.9 Å². The van der Waals surface area contributed by atoms with Gasteiger partial charge in [-0.1, -0.05) is 0 Å². The van der Waals surface area contributed by atoms with E-state index in [0.29, 0.717) is 12.2 Å². The van der Waals surface area contributed by atoms with Crippen LogP contribution in [0.15, 0.2) is 24.3 Å². The maximum absolute atomic E-state index is 12.0. The summed E-state index contributed by atoms with van der Waals surface area (Å²) in [5.74, 6) is -1.70. The molecule has 1 aromatic carbocycles. The first-order chi connectivity index (χ1) is 11.5. The van der Waals surface area contributed by atoms with Gasteiger partial charge in [-0.3, -0.25) is 9.59 Å². The van der Waals surface area contributed by atoms with Gasteiger partial charge >= 0.3 is 18.2 Å². The summed E-state index contributed by atoms with van der Waals surface area (Å²) < 4.78 is 39.8. The Kier molecular flexibility index (Phi) is 7.56. The van der Waals surface area contributed by atoms with Crippen molar-refractivity contribution in [3.05, 3.63) is 24.3 Å². The first-order valence-electron chi connectivity index (χ1n) is 7.19. The van der Waals surface area contributed by atoms with Crippen molar-refractivity contribution >= 4 is 29.3 Å². The molecule has 0 aliphatic carbocycles. The first kappa shape index (κ1) is 21.1. The van der Waals surface area contributed by atoms with Gasteiger partial charge in [0.2, 0.25) is 0 Å². The molecule has 0 heterocycles. The third-order valence-corrected chi connectivity index (χ3v) is 3.64. The molecule has 0 saturated carbocycles. The molecule has 140 valence electrons. The smallest absolute Gasteiger partial charge is 0.406 e. The number of alkyl halides is 3. The summed E-state index contributed by atoms with van der Waals surface area (Å²) in [5, 5.41) is 14.6. The molecule has 0 unspecified atom stereocenters. The van der Waals surface area contributed by atoms with Gasteiger partial charge in [0.05, 0.1) is 5.60 Å². The molecule has 2 amide bonds. The molecule has 0 aromatic heterocycles. The second-order valence-corrected chi connectivity index (χ2v) is 6.43. The Bertz CT molecular complexity index is 591. The molecule has 0 aliphatic heterocycles. The van der Waals surface area contributed by atoms with Gasteiger partial charge in [0, 0.05) is 12.2 Å². The Morgan fingerprint density at radius 3 is 2.32 bits per heavy atom. The van der Waals surface area contributed by atoms with Crippen LogP contribution in [-0.2, 0) is 9.59 Å². The number of amides is 2. The maximum Gasteiger partial charge on any atom is 0.573 e. The molecule has 0 fully saturated rings. The van der Waals surface area contributed by atoms with E-state index in [9.17, 15) is 27.9 Å². The third kappa shape index (κ3) is 8.64. The maximum atomic E-state index is 12.0. The van der Waals surface area contributed by atoms with Crippen LogP contribution >= 0.6 is 11.8 Å². The number of carbonyl (C=O) groups is 2. The van der Waals surface area contributed by atoms with E-state index in [0.717, 1.165) is 12.1 Å². The summed E-state index contributed by atoms with van der Waals surface area (Å²) in [4.78, 5) is 23.4. The van der Waals surface area contributed by atoms with E-state index < -0.39 is 29.5 Å². The lowest BCUT2D eigenvalue weighted by atomic mass is 10.0. The van der Waals surface area contributed by atoms with Crippen LogP contribution in [0.5, 0.6) is 5.75 Å². The van der Waals surface area contributed by atoms with Crippen LogP contribution in [0.2, 0.25) is 0 Å². The summed E-state index contributed by atoms with van der Waals surface area (Å²) >= 11 is 1.54. The average molecular weight is 380 g/mol. The number of halogens is 3. The monoisotopic (exact) mass is 380 g/mol. The Morgan fingerprint density at radius 1 is 1.20 bits per heavy atom. The second-order valence-electron chi connectivity index (χ2n) is 5.45.